The van der Waals surface area contributed by atoms with E-state index in [0.717, 1.165) is 11.3 Å². The van der Waals surface area contributed by atoms with Crippen LogP contribution in [0.3, 0.4) is 0 Å². The maximum Gasteiger partial charge on any atom is 0.340 e. The number of amides is 1. The predicted octanol–water partition coefficient (Wildman–Crippen LogP) is 4.46. The van der Waals surface area contributed by atoms with Gasteiger partial charge >= 0.3 is 5.97 Å². The van der Waals surface area contributed by atoms with Crippen LogP contribution in [0.4, 0.5) is 11.4 Å². The smallest absolute Gasteiger partial charge is 0.340 e. The van der Waals surface area contributed by atoms with Gasteiger partial charge in [-0.25, -0.2) is 4.79 Å². The Morgan fingerprint density at radius 2 is 1.46 bits per heavy atom. The zero-order valence-electron chi connectivity index (χ0n) is 15.6. The van der Waals surface area contributed by atoms with Gasteiger partial charge in [0.1, 0.15) is 0 Å². The normalized spacial score (nSPS) is 11.3. The van der Waals surface area contributed by atoms with E-state index in [1.165, 1.54) is 0 Å². The molecule has 5 heteroatoms. The van der Waals surface area contributed by atoms with Gasteiger partial charge in [-0.1, -0.05) is 60.7 Å². The molecule has 3 aromatic carbocycles. The molecule has 0 aliphatic heterocycles. The number of anilines is 2. The molecule has 0 spiro atoms. The lowest BCUT2D eigenvalue weighted by Gasteiger charge is -2.15. The van der Waals surface area contributed by atoms with E-state index in [4.69, 9.17) is 4.74 Å². The molecule has 0 saturated carbocycles. The van der Waals surface area contributed by atoms with Crippen molar-refractivity contribution in [3.8, 4) is 0 Å². The van der Waals surface area contributed by atoms with Crippen LogP contribution in [0.15, 0.2) is 84.9 Å². The standard InChI is InChI=1S/C23H22N2O3/c1-17(18-10-4-2-5-11-18)24-22(26)16-28-23(27)20-14-8-9-15-21(20)25-19-12-6-3-7-13-19/h2-15,17,25H,16H2,1H3,(H,24,26)/t17-/m1/s1. The average Bonchev–Trinajstić information content (AvgIpc) is 2.74. The van der Waals surface area contributed by atoms with Crippen LogP contribution in [0, 0.1) is 0 Å². The minimum atomic E-state index is -0.554. The number of para-hydroxylation sites is 2. The number of hydrogen-bond acceptors (Lipinski definition) is 4. The quantitative estimate of drug-likeness (QED) is 0.599. The Kier molecular flexibility index (Phi) is 6.41. The van der Waals surface area contributed by atoms with Crippen molar-refractivity contribution in [2.24, 2.45) is 0 Å². The number of hydrogen-bond donors (Lipinski definition) is 2. The second-order valence-electron chi connectivity index (χ2n) is 6.31. The molecule has 0 fully saturated rings. The molecule has 1 atom stereocenters. The fourth-order valence-corrected chi connectivity index (χ4v) is 2.76. The van der Waals surface area contributed by atoms with Crippen LogP contribution in [0.2, 0.25) is 0 Å². The summed E-state index contributed by atoms with van der Waals surface area (Å²) in [5, 5.41) is 6.02. The molecule has 0 heterocycles. The van der Waals surface area contributed by atoms with Gasteiger partial charge in [-0.2, -0.15) is 0 Å². The fourth-order valence-electron chi connectivity index (χ4n) is 2.76. The molecule has 1 amide bonds. The Labute approximate surface area is 164 Å². The van der Waals surface area contributed by atoms with Crippen LogP contribution in [-0.4, -0.2) is 18.5 Å². The summed E-state index contributed by atoms with van der Waals surface area (Å²) in [6, 6.07) is 26.0. The molecular weight excluding hydrogens is 352 g/mol. The Balaban J connectivity index is 1.58. The summed E-state index contributed by atoms with van der Waals surface area (Å²) in [6.45, 7) is 1.55. The second-order valence-corrected chi connectivity index (χ2v) is 6.31. The Morgan fingerprint density at radius 1 is 0.857 bits per heavy atom. The molecule has 28 heavy (non-hydrogen) atoms. The summed E-state index contributed by atoms with van der Waals surface area (Å²) in [6.07, 6.45) is 0. The molecule has 0 unspecified atom stereocenters. The van der Waals surface area contributed by atoms with Gasteiger partial charge in [0.15, 0.2) is 6.61 Å². The first-order valence-electron chi connectivity index (χ1n) is 9.06. The SMILES string of the molecule is C[C@@H](NC(=O)COC(=O)c1ccccc1Nc1ccccc1)c1ccccc1. The van der Waals surface area contributed by atoms with E-state index < -0.39 is 5.97 Å². The van der Waals surface area contributed by atoms with Crippen LogP contribution in [0.1, 0.15) is 28.9 Å². The molecule has 0 aliphatic carbocycles. The van der Waals surface area contributed by atoms with Gasteiger partial charge in [0.05, 0.1) is 17.3 Å². The van der Waals surface area contributed by atoms with Crippen LogP contribution in [0.25, 0.3) is 0 Å². The maximum absolute atomic E-state index is 12.5. The zero-order valence-corrected chi connectivity index (χ0v) is 15.6. The van der Waals surface area contributed by atoms with Gasteiger partial charge in [-0.15, -0.1) is 0 Å². The van der Waals surface area contributed by atoms with Gasteiger partial charge in [-0.05, 0) is 36.8 Å². The number of benzene rings is 3. The van der Waals surface area contributed by atoms with Crippen molar-refractivity contribution < 1.29 is 14.3 Å². The fraction of sp³-hybridized carbons (Fsp3) is 0.130. The lowest BCUT2D eigenvalue weighted by atomic mass is 10.1. The highest BCUT2D eigenvalue weighted by Gasteiger charge is 2.15. The maximum atomic E-state index is 12.5. The monoisotopic (exact) mass is 374 g/mol. The van der Waals surface area contributed by atoms with Gasteiger partial charge < -0.3 is 15.4 Å². The lowest BCUT2D eigenvalue weighted by Crippen LogP contribution is -2.31. The van der Waals surface area contributed by atoms with Crippen molar-refractivity contribution in [3.63, 3.8) is 0 Å². The lowest BCUT2D eigenvalue weighted by molar-refractivity contribution is -0.124. The summed E-state index contributed by atoms with van der Waals surface area (Å²) < 4.78 is 5.21. The van der Waals surface area contributed by atoms with Crippen molar-refractivity contribution in [1.82, 2.24) is 5.32 Å². The predicted molar refractivity (Wildman–Crippen MR) is 109 cm³/mol. The van der Waals surface area contributed by atoms with Crippen molar-refractivity contribution >= 4 is 23.3 Å². The van der Waals surface area contributed by atoms with E-state index in [1.54, 1.807) is 18.2 Å². The van der Waals surface area contributed by atoms with E-state index in [1.807, 2.05) is 73.7 Å². The number of carbonyl (C=O) groups is 2. The van der Waals surface area contributed by atoms with E-state index in [0.29, 0.717) is 11.3 Å². The molecule has 142 valence electrons. The minimum absolute atomic E-state index is 0.167. The molecule has 3 rings (SSSR count). The number of nitrogens with one attached hydrogen (secondary N) is 2. The number of esters is 1. The minimum Gasteiger partial charge on any atom is -0.452 e. The van der Waals surface area contributed by atoms with Crippen LogP contribution >= 0.6 is 0 Å². The first-order chi connectivity index (χ1) is 13.6. The molecule has 0 radical (unpaired) electrons. The van der Waals surface area contributed by atoms with E-state index in [-0.39, 0.29) is 18.6 Å². The molecule has 0 bridgehead atoms. The Bertz CT molecular complexity index is 927. The third kappa shape index (κ3) is 5.20. The largest absolute Gasteiger partial charge is 0.452 e. The first-order valence-corrected chi connectivity index (χ1v) is 9.06. The van der Waals surface area contributed by atoms with Gasteiger partial charge in [0, 0.05) is 5.69 Å². The summed E-state index contributed by atoms with van der Waals surface area (Å²) in [5.41, 5.74) is 2.84. The molecular formula is C23H22N2O3. The number of rotatable bonds is 7. The van der Waals surface area contributed by atoms with Crippen LogP contribution < -0.4 is 10.6 Å². The van der Waals surface area contributed by atoms with E-state index in [2.05, 4.69) is 10.6 Å². The van der Waals surface area contributed by atoms with Crippen molar-refractivity contribution in [2.45, 2.75) is 13.0 Å². The van der Waals surface area contributed by atoms with Crippen molar-refractivity contribution in [2.75, 3.05) is 11.9 Å². The van der Waals surface area contributed by atoms with Crippen molar-refractivity contribution in [3.05, 3.63) is 96.1 Å². The highest BCUT2D eigenvalue weighted by Crippen LogP contribution is 2.21. The number of carbonyl (C=O) groups excluding carboxylic acids is 2. The van der Waals surface area contributed by atoms with Crippen molar-refractivity contribution in [1.29, 1.82) is 0 Å². The first kappa shape index (κ1) is 19.2. The van der Waals surface area contributed by atoms with Gasteiger partial charge in [0.2, 0.25) is 0 Å². The molecule has 0 aromatic heterocycles. The number of ether oxygens (including phenoxy) is 1. The molecule has 5 nitrogen and oxygen atoms in total. The molecule has 0 aliphatic rings. The summed E-state index contributed by atoms with van der Waals surface area (Å²) >= 11 is 0. The second kappa shape index (κ2) is 9.37. The van der Waals surface area contributed by atoms with Crippen LogP contribution in [0.5, 0.6) is 0 Å². The molecule has 2 N–H and O–H groups in total. The Morgan fingerprint density at radius 3 is 2.18 bits per heavy atom. The molecule has 0 saturated heterocycles. The topological polar surface area (TPSA) is 67.4 Å². The zero-order chi connectivity index (χ0) is 19.8. The van der Waals surface area contributed by atoms with Gasteiger partial charge in [-0.3, -0.25) is 4.79 Å². The highest BCUT2D eigenvalue weighted by molar-refractivity contribution is 5.97. The summed E-state index contributed by atoms with van der Waals surface area (Å²) in [5.74, 6) is -0.903. The summed E-state index contributed by atoms with van der Waals surface area (Å²) in [4.78, 5) is 24.6. The van der Waals surface area contributed by atoms with E-state index >= 15 is 0 Å². The molecule has 3 aromatic rings. The summed E-state index contributed by atoms with van der Waals surface area (Å²) in [7, 11) is 0. The van der Waals surface area contributed by atoms with Gasteiger partial charge in [0.25, 0.3) is 5.91 Å². The van der Waals surface area contributed by atoms with Crippen LogP contribution in [-0.2, 0) is 9.53 Å². The third-order valence-electron chi connectivity index (χ3n) is 4.21. The van der Waals surface area contributed by atoms with E-state index in [9.17, 15) is 9.59 Å². The average molecular weight is 374 g/mol. The third-order valence-corrected chi connectivity index (χ3v) is 4.21. The Hall–Kier alpha value is -3.60. The highest BCUT2D eigenvalue weighted by atomic mass is 16.5.